The Morgan fingerprint density at radius 3 is 2.63 bits per heavy atom. The highest BCUT2D eigenvalue weighted by Gasteiger charge is 2.24. The van der Waals surface area contributed by atoms with Crippen LogP contribution in [0.25, 0.3) is 0 Å². The van der Waals surface area contributed by atoms with Crippen molar-refractivity contribution in [3.63, 3.8) is 0 Å². The monoisotopic (exact) mass is 264 g/mol. The molecule has 1 heterocycles. The van der Waals surface area contributed by atoms with E-state index in [0.717, 1.165) is 6.42 Å². The Morgan fingerprint density at radius 2 is 2.11 bits per heavy atom. The van der Waals surface area contributed by atoms with Crippen LogP contribution in [-0.2, 0) is 0 Å². The third kappa shape index (κ3) is 3.19. The second-order valence-electron chi connectivity index (χ2n) is 4.45. The lowest BCUT2D eigenvalue weighted by Gasteiger charge is -2.17. The van der Waals surface area contributed by atoms with Crippen LogP contribution in [0.2, 0.25) is 0 Å². The summed E-state index contributed by atoms with van der Waals surface area (Å²) >= 11 is 0. The lowest BCUT2D eigenvalue weighted by molar-refractivity contribution is -0.384. The zero-order chi connectivity index (χ0) is 13.8. The van der Waals surface area contributed by atoms with Gasteiger partial charge in [0.2, 0.25) is 0 Å². The normalized spacial score (nSPS) is 18.4. The largest absolute Gasteiger partial charge is 0.323 e. The van der Waals surface area contributed by atoms with Crippen LogP contribution in [0.4, 0.5) is 16.2 Å². The number of rotatable bonds is 3. The molecule has 2 rings (SSSR count). The fourth-order valence-corrected chi connectivity index (χ4v) is 2.05. The lowest BCUT2D eigenvalue weighted by atomic mass is 10.3. The van der Waals surface area contributed by atoms with Crippen LogP contribution in [-0.4, -0.2) is 42.0 Å². The fourth-order valence-electron chi connectivity index (χ4n) is 2.05. The number of likely N-dealkylation sites (tertiary alicyclic amines) is 1. The first kappa shape index (κ1) is 13.3. The molecule has 0 saturated carbocycles. The van der Waals surface area contributed by atoms with Gasteiger partial charge in [0.25, 0.3) is 5.69 Å². The minimum absolute atomic E-state index is 0.00872. The molecule has 1 saturated heterocycles. The first-order chi connectivity index (χ1) is 9.10. The smallest absolute Gasteiger partial charge is 0.321 e. The summed E-state index contributed by atoms with van der Waals surface area (Å²) in [4.78, 5) is 23.7. The van der Waals surface area contributed by atoms with E-state index in [4.69, 9.17) is 0 Å². The van der Waals surface area contributed by atoms with E-state index < -0.39 is 4.92 Å². The highest BCUT2D eigenvalue weighted by atomic mass is 16.6. The molecule has 1 aliphatic heterocycles. The van der Waals surface area contributed by atoms with Crippen molar-refractivity contribution in [1.29, 1.82) is 0 Å². The molecule has 19 heavy (non-hydrogen) atoms. The summed E-state index contributed by atoms with van der Waals surface area (Å²) in [6, 6.07) is 5.96. The molecule has 1 fully saturated rings. The molecule has 2 amide bonds. The lowest BCUT2D eigenvalue weighted by Crippen LogP contribution is -2.36. The minimum Gasteiger partial charge on any atom is -0.323 e. The number of nitrogens with zero attached hydrogens (tertiary/aromatic N) is 2. The number of hydrogen-bond acceptors (Lipinski definition) is 4. The quantitative estimate of drug-likeness (QED) is 0.638. The van der Waals surface area contributed by atoms with Gasteiger partial charge in [-0.25, -0.2) is 4.79 Å². The second-order valence-corrected chi connectivity index (χ2v) is 4.45. The van der Waals surface area contributed by atoms with Gasteiger partial charge in [-0.1, -0.05) is 0 Å². The third-order valence-electron chi connectivity index (χ3n) is 3.21. The summed E-state index contributed by atoms with van der Waals surface area (Å²) in [7, 11) is 1.88. The van der Waals surface area contributed by atoms with Crippen molar-refractivity contribution in [2.75, 3.05) is 25.5 Å². The number of non-ortho nitro benzene ring substituents is 1. The van der Waals surface area contributed by atoms with Gasteiger partial charge in [0.1, 0.15) is 0 Å². The van der Waals surface area contributed by atoms with Crippen LogP contribution >= 0.6 is 0 Å². The number of carbonyl (C=O) groups excluding carboxylic acids is 1. The Bertz CT molecular complexity index is 474. The van der Waals surface area contributed by atoms with Gasteiger partial charge < -0.3 is 15.5 Å². The molecule has 7 heteroatoms. The van der Waals surface area contributed by atoms with E-state index in [1.54, 1.807) is 4.90 Å². The maximum Gasteiger partial charge on any atom is 0.321 e. The Morgan fingerprint density at radius 1 is 1.42 bits per heavy atom. The molecule has 0 spiro atoms. The number of carbonyl (C=O) groups is 1. The summed E-state index contributed by atoms with van der Waals surface area (Å²) in [6.45, 7) is 1.39. The van der Waals surface area contributed by atoms with E-state index in [9.17, 15) is 14.9 Å². The molecule has 0 bridgehead atoms. The highest BCUT2D eigenvalue weighted by molar-refractivity contribution is 5.89. The molecule has 7 nitrogen and oxygen atoms in total. The van der Waals surface area contributed by atoms with Crippen molar-refractivity contribution >= 4 is 17.4 Å². The van der Waals surface area contributed by atoms with E-state index in [1.165, 1.54) is 24.3 Å². The second kappa shape index (κ2) is 5.66. The van der Waals surface area contributed by atoms with Crippen LogP contribution in [0.1, 0.15) is 6.42 Å². The summed E-state index contributed by atoms with van der Waals surface area (Å²) in [5.41, 5.74) is 0.568. The van der Waals surface area contributed by atoms with Crippen LogP contribution in [0.5, 0.6) is 0 Å². The number of nitrogens with one attached hydrogen (secondary N) is 2. The molecule has 0 aliphatic carbocycles. The van der Waals surface area contributed by atoms with Gasteiger partial charge in [-0.05, 0) is 25.6 Å². The number of hydrogen-bond donors (Lipinski definition) is 2. The van der Waals surface area contributed by atoms with Crippen molar-refractivity contribution in [1.82, 2.24) is 10.2 Å². The van der Waals surface area contributed by atoms with Crippen LogP contribution in [0.3, 0.4) is 0 Å². The molecule has 102 valence electrons. The van der Waals surface area contributed by atoms with Gasteiger partial charge in [0.05, 0.1) is 4.92 Å². The number of amides is 2. The molecule has 1 unspecified atom stereocenters. The Labute approximate surface area is 110 Å². The average molecular weight is 264 g/mol. The molecule has 2 N–H and O–H groups in total. The van der Waals surface area contributed by atoms with Crippen LogP contribution in [0.15, 0.2) is 24.3 Å². The molecular weight excluding hydrogens is 248 g/mol. The predicted octanol–water partition coefficient (Wildman–Crippen LogP) is 1.42. The molecule has 1 aromatic carbocycles. The first-order valence-corrected chi connectivity index (χ1v) is 6.08. The van der Waals surface area contributed by atoms with Gasteiger partial charge in [0.15, 0.2) is 0 Å². The number of anilines is 1. The maximum absolute atomic E-state index is 11.9. The van der Waals surface area contributed by atoms with Crippen molar-refractivity contribution < 1.29 is 9.72 Å². The Kier molecular flexibility index (Phi) is 3.96. The molecule has 1 aliphatic rings. The van der Waals surface area contributed by atoms with Crippen LogP contribution in [0, 0.1) is 10.1 Å². The van der Waals surface area contributed by atoms with Gasteiger partial charge >= 0.3 is 6.03 Å². The molecule has 0 aromatic heterocycles. The van der Waals surface area contributed by atoms with Gasteiger partial charge in [-0.3, -0.25) is 10.1 Å². The molecule has 1 aromatic rings. The number of nitro groups is 1. The van der Waals surface area contributed by atoms with Crippen LogP contribution < -0.4 is 10.6 Å². The summed E-state index contributed by atoms with van der Waals surface area (Å²) < 4.78 is 0. The fraction of sp³-hybridized carbons (Fsp3) is 0.417. The number of benzene rings is 1. The zero-order valence-corrected chi connectivity index (χ0v) is 10.6. The SMILES string of the molecule is CNC1CCN(C(=O)Nc2ccc([N+](=O)[O-])cc2)C1. The summed E-state index contributed by atoms with van der Waals surface area (Å²) in [6.07, 6.45) is 0.935. The molecule has 1 atom stereocenters. The third-order valence-corrected chi connectivity index (χ3v) is 3.21. The van der Waals surface area contributed by atoms with Gasteiger partial charge in [0, 0.05) is 37.0 Å². The van der Waals surface area contributed by atoms with E-state index in [1.807, 2.05) is 7.05 Å². The van der Waals surface area contributed by atoms with E-state index in [-0.39, 0.29) is 11.7 Å². The number of nitro benzene ring substituents is 1. The van der Waals surface area contributed by atoms with E-state index in [0.29, 0.717) is 24.8 Å². The van der Waals surface area contributed by atoms with Crippen molar-refractivity contribution in [2.24, 2.45) is 0 Å². The summed E-state index contributed by atoms with van der Waals surface area (Å²) in [5.74, 6) is 0. The summed E-state index contributed by atoms with van der Waals surface area (Å²) in [5, 5.41) is 16.4. The Hall–Kier alpha value is -2.15. The van der Waals surface area contributed by atoms with Gasteiger partial charge in [-0.2, -0.15) is 0 Å². The van der Waals surface area contributed by atoms with Gasteiger partial charge in [-0.15, -0.1) is 0 Å². The molecular formula is C12H16N4O3. The number of urea groups is 1. The predicted molar refractivity (Wildman–Crippen MR) is 71.2 cm³/mol. The van der Waals surface area contributed by atoms with E-state index in [2.05, 4.69) is 10.6 Å². The zero-order valence-electron chi connectivity index (χ0n) is 10.6. The van der Waals surface area contributed by atoms with Crippen molar-refractivity contribution in [2.45, 2.75) is 12.5 Å². The molecule has 0 radical (unpaired) electrons. The highest BCUT2D eigenvalue weighted by Crippen LogP contribution is 2.17. The minimum atomic E-state index is -0.469. The topological polar surface area (TPSA) is 87.5 Å². The van der Waals surface area contributed by atoms with E-state index >= 15 is 0 Å². The van der Waals surface area contributed by atoms with Crippen molar-refractivity contribution in [3.8, 4) is 0 Å². The average Bonchev–Trinajstić information content (AvgIpc) is 2.88. The number of likely N-dealkylation sites (N-methyl/N-ethyl adjacent to an activating group) is 1. The maximum atomic E-state index is 11.9. The Balaban J connectivity index is 1.94. The van der Waals surface area contributed by atoms with Crippen molar-refractivity contribution in [3.05, 3.63) is 34.4 Å². The first-order valence-electron chi connectivity index (χ1n) is 6.08. The standard InChI is InChI=1S/C12H16N4O3/c1-13-10-6-7-15(8-10)12(17)14-9-2-4-11(5-3-9)16(18)19/h2-5,10,13H,6-8H2,1H3,(H,14,17).